The van der Waals surface area contributed by atoms with Crippen LogP contribution < -0.4 is 0 Å². The Bertz CT molecular complexity index is 922. The number of ether oxygens (including phenoxy) is 3. The zero-order valence-corrected chi connectivity index (χ0v) is 23.6. The maximum absolute atomic E-state index is 12.2. The van der Waals surface area contributed by atoms with Gasteiger partial charge in [-0.25, -0.2) is 4.79 Å². The third-order valence-electron chi connectivity index (χ3n) is 6.72. The second kappa shape index (κ2) is 19.7. The van der Waals surface area contributed by atoms with Crippen LogP contribution in [0.1, 0.15) is 51.9 Å². The molecule has 0 aliphatic carbocycles. The number of cyclic esters (lactones) is 1. The Morgan fingerprint density at radius 3 is 2.34 bits per heavy atom. The van der Waals surface area contributed by atoms with Gasteiger partial charge in [-0.1, -0.05) is 73.8 Å². The van der Waals surface area contributed by atoms with Crippen LogP contribution in [0.5, 0.6) is 0 Å². The Kier molecular flexibility index (Phi) is 16.7. The van der Waals surface area contributed by atoms with Crippen LogP contribution in [0.15, 0.2) is 72.9 Å². The van der Waals surface area contributed by atoms with Crippen LogP contribution in [-0.2, 0) is 19.0 Å². The fourth-order valence-corrected chi connectivity index (χ4v) is 4.29. The summed E-state index contributed by atoms with van der Waals surface area (Å²) in [5, 5.41) is 60.3. The Morgan fingerprint density at radius 2 is 1.59 bits per heavy atom. The van der Waals surface area contributed by atoms with Gasteiger partial charge in [-0.15, -0.1) is 0 Å². The van der Waals surface area contributed by atoms with Crippen molar-refractivity contribution in [2.45, 2.75) is 107 Å². The summed E-state index contributed by atoms with van der Waals surface area (Å²) in [7, 11) is 0. The molecular weight excluding hydrogens is 532 g/mol. The van der Waals surface area contributed by atoms with E-state index in [1.807, 2.05) is 19.1 Å². The van der Waals surface area contributed by atoms with Gasteiger partial charge in [0.2, 0.25) is 0 Å². The first kappa shape index (κ1) is 34.8. The molecule has 2 aliphatic heterocycles. The molecule has 9 atom stereocenters. The number of hydrogen-bond donors (Lipinski definition) is 6. The molecular formula is C31H46O10. The molecule has 0 aromatic heterocycles. The van der Waals surface area contributed by atoms with Gasteiger partial charge in [0, 0.05) is 12.5 Å². The zero-order valence-electron chi connectivity index (χ0n) is 23.6. The molecule has 0 radical (unpaired) electrons. The molecule has 2 rings (SSSR count). The number of carbonyl (C=O) groups excluding carboxylic acids is 1. The van der Waals surface area contributed by atoms with Crippen molar-refractivity contribution in [3.05, 3.63) is 72.9 Å². The van der Waals surface area contributed by atoms with Gasteiger partial charge in [-0.2, -0.15) is 0 Å². The fourth-order valence-electron chi connectivity index (χ4n) is 4.29. The van der Waals surface area contributed by atoms with Crippen LogP contribution in [0, 0.1) is 0 Å². The smallest absolute Gasteiger partial charge is 0.331 e. The zero-order chi connectivity index (χ0) is 30.0. The fraction of sp³-hybridized carbons (Fsp3) is 0.581. The Labute approximate surface area is 242 Å². The van der Waals surface area contributed by atoms with E-state index < -0.39 is 61.6 Å². The summed E-state index contributed by atoms with van der Waals surface area (Å²) in [5.74, 6) is -0.440. The molecule has 0 amide bonds. The predicted octanol–water partition coefficient (Wildman–Crippen LogP) is 1.91. The molecule has 41 heavy (non-hydrogen) atoms. The number of aliphatic hydroxyl groups is 6. The standard InChI is InChI=1S/C31H46O10/c1-2-24-16-10-5-3-4-8-14-22(33)20-23(34)15-9-6-11-17-25(18-12-7-13-19-27(35)39-24)40-31-30(38)29(37)28(36)26(21-32)41-31/h3-4,6-9,11-14,17,19,22-26,28-34,36-38H,2,5,10,15-16,18,20-21H2,1H3/b4-3+,9-6-,12-7+,14-8+,17-11+,19-13-/t22-,23-,24+,25+,26+,28-,29-,30+,31+/m0/s1. The minimum atomic E-state index is -1.57. The average Bonchev–Trinajstić information content (AvgIpc) is 2.94. The number of hydrogen-bond acceptors (Lipinski definition) is 10. The lowest BCUT2D eigenvalue weighted by Gasteiger charge is -2.40. The van der Waals surface area contributed by atoms with Gasteiger partial charge in [-0.05, 0) is 38.5 Å². The Balaban J connectivity index is 2.14. The van der Waals surface area contributed by atoms with Gasteiger partial charge in [0.15, 0.2) is 6.29 Å². The van der Waals surface area contributed by atoms with E-state index in [9.17, 15) is 35.4 Å². The Hall–Kier alpha value is -2.41. The van der Waals surface area contributed by atoms with Crippen molar-refractivity contribution >= 4 is 5.97 Å². The van der Waals surface area contributed by atoms with Crippen LogP contribution >= 0.6 is 0 Å². The molecule has 0 bridgehead atoms. The van der Waals surface area contributed by atoms with Gasteiger partial charge >= 0.3 is 5.97 Å². The molecule has 10 nitrogen and oxygen atoms in total. The first-order valence-electron chi connectivity index (χ1n) is 14.3. The highest BCUT2D eigenvalue weighted by Gasteiger charge is 2.44. The molecule has 0 saturated carbocycles. The van der Waals surface area contributed by atoms with Crippen LogP contribution in [0.4, 0.5) is 0 Å². The molecule has 0 aromatic rings. The van der Waals surface area contributed by atoms with E-state index in [1.165, 1.54) is 6.08 Å². The highest BCUT2D eigenvalue weighted by atomic mass is 16.7. The normalized spacial score (nSPS) is 39.9. The summed E-state index contributed by atoms with van der Waals surface area (Å²) >= 11 is 0. The number of rotatable bonds is 4. The van der Waals surface area contributed by atoms with E-state index in [4.69, 9.17) is 14.2 Å². The van der Waals surface area contributed by atoms with Gasteiger partial charge in [0.05, 0.1) is 24.9 Å². The SMILES string of the molecule is CC[C@@H]1CCC/C=C/C=C/[C@H](O)C[C@@H](O)C/C=C\C=C\[C@@H](O[C@@H]2O[C@H](CO)[C@H](O)[C@H](O)[C@H]2O)C/C=C/C=C\C(=O)O1. The van der Waals surface area contributed by atoms with E-state index >= 15 is 0 Å². The molecule has 1 fully saturated rings. The van der Waals surface area contributed by atoms with E-state index in [2.05, 4.69) is 0 Å². The average molecular weight is 579 g/mol. The number of carbonyl (C=O) groups is 1. The van der Waals surface area contributed by atoms with E-state index in [-0.39, 0.29) is 12.5 Å². The van der Waals surface area contributed by atoms with E-state index in [1.54, 1.807) is 54.7 Å². The highest BCUT2D eigenvalue weighted by Crippen LogP contribution is 2.24. The first-order valence-corrected chi connectivity index (χ1v) is 14.3. The summed E-state index contributed by atoms with van der Waals surface area (Å²) < 4.78 is 16.9. The van der Waals surface area contributed by atoms with Crippen molar-refractivity contribution in [2.24, 2.45) is 0 Å². The van der Waals surface area contributed by atoms with Crippen molar-refractivity contribution in [3.63, 3.8) is 0 Å². The van der Waals surface area contributed by atoms with E-state index in [0.29, 0.717) is 19.3 Å². The van der Waals surface area contributed by atoms with Crippen molar-refractivity contribution in [1.82, 2.24) is 0 Å². The number of esters is 1. The van der Waals surface area contributed by atoms with Gasteiger partial charge in [0.1, 0.15) is 30.5 Å². The van der Waals surface area contributed by atoms with Crippen molar-refractivity contribution < 1.29 is 49.6 Å². The molecule has 0 aromatic carbocycles. The molecule has 230 valence electrons. The van der Waals surface area contributed by atoms with Gasteiger partial charge in [0.25, 0.3) is 0 Å². The number of aliphatic hydroxyl groups excluding tert-OH is 6. The number of allylic oxidation sites excluding steroid dienone is 7. The highest BCUT2D eigenvalue weighted by molar-refractivity contribution is 5.82. The first-order chi connectivity index (χ1) is 19.7. The topological polar surface area (TPSA) is 166 Å². The van der Waals surface area contributed by atoms with Crippen molar-refractivity contribution in [2.75, 3.05) is 6.61 Å². The summed E-state index contributed by atoms with van der Waals surface area (Å²) in [6.45, 7) is 1.39. The molecule has 1 saturated heterocycles. The third kappa shape index (κ3) is 13.4. The lowest BCUT2D eigenvalue weighted by Crippen LogP contribution is -2.59. The predicted molar refractivity (Wildman–Crippen MR) is 153 cm³/mol. The van der Waals surface area contributed by atoms with Crippen LogP contribution in [-0.4, -0.2) is 98.3 Å². The van der Waals surface area contributed by atoms with Crippen LogP contribution in [0.2, 0.25) is 0 Å². The lowest BCUT2D eigenvalue weighted by molar-refractivity contribution is -0.307. The van der Waals surface area contributed by atoms with Gasteiger partial charge < -0.3 is 44.8 Å². The van der Waals surface area contributed by atoms with Gasteiger partial charge in [-0.3, -0.25) is 0 Å². The Morgan fingerprint density at radius 1 is 0.878 bits per heavy atom. The van der Waals surface area contributed by atoms with Crippen LogP contribution in [0.3, 0.4) is 0 Å². The maximum Gasteiger partial charge on any atom is 0.331 e. The summed E-state index contributed by atoms with van der Waals surface area (Å²) in [6.07, 6.45) is 14.8. The molecule has 0 spiro atoms. The summed E-state index contributed by atoms with van der Waals surface area (Å²) in [5.41, 5.74) is 0. The molecule has 0 unspecified atom stereocenters. The maximum atomic E-state index is 12.2. The second-order valence-electron chi connectivity index (χ2n) is 10.1. The van der Waals surface area contributed by atoms with Crippen LogP contribution in [0.25, 0.3) is 0 Å². The van der Waals surface area contributed by atoms with Crippen molar-refractivity contribution in [1.29, 1.82) is 0 Å². The summed E-state index contributed by atoms with van der Waals surface area (Å²) in [6, 6.07) is 0. The largest absolute Gasteiger partial charge is 0.459 e. The molecule has 10 heteroatoms. The monoisotopic (exact) mass is 578 g/mol. The molecule has 6 N–H and O–H groups in total. The van der Waals surface area contributed by atoms with Crippen molar-refractivity contribution in [3.8, 4) is 0 Å². The summed E-state index contributed by atoms with van der Waals surface area (Å²) in [4.78, 5) is 12.2. The quantitative estimate of drug-likeness (QED) is 0.271. The minimum Gasteiger partial charge on any atom is -0.459 e. The molecule has 2 heterocycles. The molecule has 2 aliphatic rings. The minimum absolute atomic E-state index is 0.184. The second-order valence-corrected chi connectivity index (χ2v) is 10.1. The van der Waals surface area contributed by atoms with E-state index in [0.717, 1.165) is 19.3 Å². The lowest BCUT2D eigenvalue weighted by atomic mass is 9.99. The third-order valence-corrected chi connectivity index (χ3v) is 6.72.